The number of amides is 2. The van der Waals surface area contributed by atoms with Gasteiger partial charge in [-0.05, 0) is 24.3 Å². The second-order valence-electron chi connectivity index (χ2n) is 7.70. The van der Waals surface area contributed by atoms with Crippen molar-refractivity contribution in [2.24, 2.45) is 5.41 Å². The first-order chi connectivity index (χ1) is 13.7. The first-order valence-electron chi connectivity index (χ1n) is 8.56. The lowest BCUT2D eigenvalue weighted by Crippen LogP contribution is -2.63. The predicted molar refractivity (Wildman–Crippen MR) is 96.6 cm³/mol. The minimum Gasteiger partial charge on any atom is -0.330 e. The van der Waals surface area contributed by atoms with Crippen LogP contribution in [0.2, 0.25) is 0 Å². The van der Waals surface area contributed by atoms with Crippen LogP contribution in [0.3, 0.4) is 0 Å². The van der Waals surface area contributed by atoms with E-state index in [1.807, 2.05) is 5.32 Å². The summed E-state index contributed by atoms with van der Waals surface area (Å²) in [5.41, 5.74) is -9.03. The van der Waals surface area contributed by atoms with Crippen molar-refractivity contribution in [2.45, 2.75) is 32.5 Å². The molecule has 3 rings (SSSR count). The van der Waals surface area contributed by atoms with Gasteiger partial charge in [0.2, 0.25) is 11.4 Å². The molecule has 160 valence electrons. The lowest BCUT2D eigenvalue weighted by Gasteiger charge is -2.32. The SMILES string of the molecule is CC(C)(C)C(=O)N[C@@]1(C(F)(F)F)C(=O)Nc2c1c(=O)[nH]c(=O)n2-c1ccc(F)cc1. The molecule has 0 saturated heterocycles. The van der Waals surface area contributed by atoms with Crippen molar-refractivity contribution >= 4 is 17.6 Å². The second-order valence-corrected chi connectivity index (χ2v) is 7.70. The summed E-state index contributed by atoms with van der Waals surface area (Å²) in [6.45, 7) is 3.97. The van der Waals surface area contributed by atoms with E-state index in [0.29, 0.717) is 4.57 Å². The maximum Gasteiger partial charge on any atom is 0.425 e. The highest BCUT2D eigenvalue weighted by molar-refractivity contribution is 6.08. The van der Waals surface area contributed by atoms with Gasteiger partial charge in [-0.2, -0.15) is 13.2 Å². The van der Waals surface area contributed by atoms with Crippen LogP contribution in [0.1, 0.15) is 26.3 Å². The number of fused-ring (bicyclic) bond motifs is 1. The first kappa shape index (κ1) is 21.3. The Labute approximate surface area is 165 Å². The maximum absolute atomic E-state index is 14.2. The molecule has 8 nitrogen and oxygen atoms in total. The fraction of sp³-hybridized carbons (Fsp3) is 0.333. The molecule has 2 amide bonds. The van der Waals surface area contributed by atoms with Crippen LogP contribution in [0.25, 0.3) is 5.69 Å². The summed E-state index contributed by atoms with van der Waals surface area (Å²) < 4.78 is 56.4. The highest BCUT2D eigenvalue weighted by atomic mass is 19.4. The van der Waals surface area contributed by atoms with Crippen LogP contribution < -0.4 is 21.9 Å². The molecule has 0 aliphatic carbocycles. The first-order valence-corrected chi connectivity index (χ1v) is 8.56. The van der Waals surface area contributed by atoms with Crippen molar-refractivity contribution in [3.8, 4) is 5.69 Å². The Morgan fingerprint density at radius 3 is 2.13 bits per heavy atom. The molecule has 1 aromatic carbocycles. The molecule has 0 fully saturated rings. The summed E-state index contributed by atoms with van der Waals surface area (Å²) in [6, 6.07) is 4.02. The lowest BCUT2D eigenvalue weighted by atomic mass is 9.88. The van der Waals surface area contributed by atoms with E-state index in [2.05, 4.69) is 0 Å². The number of benzene rings is 1. The molecular formula is C18H16F4N4O4. The van der Waals surface area contributed by atoms with Crippen LogP contribution in [0.4, 0.5) is 23.4 Å². The average molecular weight is 428 g/mol. The summed E-state index contributed by atoms with van der Waals surface area (Å²) in [7, 11) is 0. The largest absolute Gasteiger partial charge is 0.425 e. The van der Waals surface area contributed by atoms with Gasteiger partial charge in [0.15, 0.2) is 0 Å². The molecule has 0 radical (unpaired) electrons. The molecule has 1 aromatic heterocycles. The zero-order valence-corrected chi connectivity index (χ0v) is 15.9. The molecule has 0 spiro atoms. The summed E-state index contributed by atoms with van der Waals surface area (Å²) in [5.74, 6) is -4.36. The van der Waals surface area contributed by atoms with Crippen molar-refractivity contribution in [3.63, 3.8) is 0 Å². The van der Waals surface area contributed by atoms with Crippen LogP contribution in [-0.4, -0.2) is 27.5 Å². The smallest absolute Gasteiger partial charge is 0.330 e. The Bertz CT molecular complexity index is 1160. The molecule has 0 unspecified atom stereocenters. The molecular weight excluding hydrogens is 412 g/mol. The Morgan fingerprint density at radius 2 is 1.63 bits per heavy atom. The quantitative estimate of drug-likeness (QED) is 0.630. The summed E-state index contributed by atoms with van der Waals surface area (Å²) in [5, 5.41) is 3.55. The normalized spacial score (nSPS) is 18.7. The Balaban J connectivity index is 2.37. The van der Waals surface area contributed by atoms with Crippen molar-refractivity contribution in [1.82, 2.24) is 14.9 Å². The number of carbonyl (C=O) groups excluding carboxylic acids is 2. The van der Waals surface area contributed by atoms with Gasteiger partial charge in [0.1, 0.15) is 17.2 Å². The molecule has 3 N–H and O–H groups in total. The van der Waals surface area contributed by atoms with Crippen LogP contribution in [0.15, 0.2) is 33.9 Å². The van der Waals surface area contributed by atoms with E-state index in [4.69, 9.17) is 0 Å². The van der Waals surface area contributed by atoms with E-state index >= 15 is 0 Å². The van der Waals surface area contributed by atoms with E-state index in [-0.39, 0.29) is 5.69 Å². The molecule has 1 atom stereocenters. The fourth-order valence-corrected chi connectivity index (χ4v) is 2.97. The number of hydrogen-bond donors (Lipinski definition) is 3. The summed E-state index contributed by atoms with van der Waals surface area (Å²) in [6.07, 6.45) is -5.43. The van der Waals surface area contributed by atoms with Gasteiger partial charge in [-0.15, -0.1) is 0 Å². The van der Waals surface area contributed by atoms with Gasteiger partial charge in [0.25, 0.3) is 11.5 Å². The summed E-state index contributed by atoms with van der Waals surface area (Å²) in [4.78, 5) is 51.5. The van der Waals surface area contributed by atoms with Crippen LogP contribution in [0.5, 0.6) is 0 Å². The maximum atomic E-state index is 14.2. The number of alkyl halides is 3. The van der Waals surface area contributed by atoms with Gasteiger partial charge in [-0.25, -0.2) is 13.8 Å². The minimum atomic E-state index is -5.43. The molecule has 1 aliphatic rings. The minimum absolute atomic E-state index is 0.116. The molecule has 2 aromatic rings. The van der Waals surface area contributed by atoms with Gasteiger partial charge < -0.3 is 10.6 Å². The third kappa shape index (κ3) is 3.08. The number of aromatic nitrogens is 2. The lowest BCUT2D eigenvalue weighted by molar-refractivity contribution is -0.201. The van der Waals surface area contributed by atoms with Crippen molar-refractivity contribution < 1.29 is 27.2 Å². The molecule has 1 aliphatic heterocycles. The fourth-order valence-electron chi connectivity index (χ4n) is 2.97. The summed E-state index contributed by atoms with van der Waals surface area (Å²) >= 11 is 0. The molecule has 12 heteroatoms. The van der Waals surface area contributed by atoms with Crippen molar-refractivity contribution in [2.75, 3.05) is 5.32 Å². The number of rotatable bonds is 2. The average Bonchev–Trinajstić information content (AvgIpc) is 2.89. The molecule has 0 bridgehead atoms. The topological polar surface area (TPSA) is 113 Å². The molecule has 2 heterocycles. The number of aromatic amines is 1. The Hall–Kier alpha value is -3.44. The van der Waals surface area contributed by atoms with Crippen LogP contribution in [-0.2, 0) is 15.1 Å². The Kier molecular flexibility index (Phi) is 4.64. The number of nitrogens with zero attached hydrogens (tertiary/aromatic N) is 1. The predicted octanol–water partition coefficient (Wildman–Crippen LogP) is 1.54. The number of nitrogens with one attached hydrogen (secondary N) is 3. The highest BCUT2D eigenvalue weighted by Gasteiger charge is 2.68. The second kappa shape index (κ2) is 6.54. The molecule has 30 heavy (non-hydrogen) atoms. The van der Waals surface area contributed by atoms with Gasteiger partial charge >= 0.3 is 11.9 Å². The van der Waals surface area contributed by atoms with Crippen molar-refractivity contribution in [3.05, 3.63) is 56.5 Å². The van der Waals surface area contributed by atoms with Crippen molar-refractivity contribution in [1.29, 1.82) is 0 Å². The van der Waals surface area contributed by atoms with Crippen LogP contribution >= 0.6 is 0 Å². The number of hydrogen-bond acceptors (Lipinski definition) is 4. The van der Waals surface area contributed by atoms with Gasteiger partial charge in [0, 0.05) is 5.41 Å². The third-order valence-corrected chi connectivity index (χ3v) is 4.55. The number of carbonyl (C=O) groups is 2. The zero-order valence-electron chi connectivity index (χ0n) is 15.9. The van der Waals surface area contributed by atoms with Gasteiger partial charge in [-0.1, -0.05) is 20.8 Å². The van der Waals surface area contributed by atoms with Crippen LogP contribution in [0, 0.1) is 11.2 Å². The van der Waals surface area contributed by atoms with Gasteiger partial charge in [-0.3, -0.25) is 19.4 Å². The van der Waals surface area contributed by atoms with Gasteiger partial charge in [0.05, 0.1) is 5.69 Å². The van der Waals surface area contributed by atoms with E-state index in [9.17, 15) is 36.7 Å². The number of H-pyrrole nitrogens is 1. The van der Waals surface area contributed by atoms with E-state index < -0.39 is 57.4 Å². The number of anilines is 1. The zero-order chi connectivity index (χ0) is 22.6. The van der Waals surface area contributed by atoms with E-state index in [1.165, 1.54) is 20.8 Å². The standard InChI is InChI=1S/C18H16F4N4O4/c1-16(2,3)13(28)25-17(18(20,21)22)10-11(23-14(17)29)26(15(30)24-12(10)27)9-6-4-8(19)5-7-9/h4-7H,1-3H3,(H,23,29)(H,25,28)(H,24,27,30)/t17-/m1/s1. The van der Waals surface area contributed by atoms with E-state index in [1.54, 1.807) is 10.3 Å². The number of halogens is 4. The highest BCUT2D eigenvalue weighted by Crippen LogP contribution is 2.45. The molecule has 0 saturated carbocycles. The third-order valence-electron chi connectivity index (χ3n) is 4.55. The van der Waals surface area contributed by atoms with E-state index in [0.717, 1.165) is 24.3 Å². The monoisotopic (exact) mass is 428 g/mol. The Morgan fingerprint density at radius 1 is 1.07 bits per heavy atom.